The number of ether oxygens (including phenoxy) is 1. The van der Waals surface area contributed by atoms with Crippen molar-refractivity contribution in [1.29, 1.82) is 0 Å². The molecule has 1 aromatic rings. The maximum absolute atomic E-state index is 11.4. The first-order valence-electron chi connectivity index (χ1n) is 8.44. The Labute approximate surface area is 147 Å². The molecule has 128 valence electrons. The lowest BCUT2D eigenvalue weighted by atomic mass is 10.1. The maximum atomic E-state index is 11.4. The second-order valence-corrected chi connectivity index (χ2v) is 6.50. The van der Waals surface area contributed by atoms with Crippen molar-refractivity contribution in [2.24, 2.45) is 0 Å². The van der Waals surface area contributed by atoms with Gasteiger partial charge in [0.15, 0.2) is 5.11 Å². The smallest absolute Gasteiger partial charge is 0.228 e. The van der Waals surface area contributed by atoms with Gasteiger partial charge in [-0.3, -0.25) is 4.79 Å². The SMILES string of the molecule is O=C1Cc2cc(NC(=S)NCCCC3=CCCOCC3)ccc2N1. The van der Waals surface area contributed by atoms with Crippen LogP contribution in [-0.4, -0.2) is 30.8 Å². The van der Waals surface area contributed by atoms with E-state index in [1.54, 1.807) is 0 Å². The summed E-state index contributed by atoms with van der Waals surface area (Å²) in [6.07, 6.45) is 6.96. The van der Waals surface area contributed by atoms with Gasteiger partial charge in [-0.2, -0.15) is 0 Å². The Hall–Kier alpha value is -1.92. The number of amides is 1. The van der Waals surface area contributed by atoms with Crippen molar-refractivity contribution in [2.45, 2.75) is 32.1 Å². The van der Waals surface area contributed by atoms with Gasteiger partial charge >= 0.3 is 0 Å². The summed E-state index contributed by atoms with van der Waals surface area (Å²) in [7, 11) is 0. The highest BCUT2D eigenvalue weighted by atomic mass is 32.1. The van der Waals surface area contributed by atoms with Gasteiger partial charge in [-0.1, -0.05) is 11.6 Å². The number of hydrogen-bond acceptors (Lipinski definition) is 3. The highest BCUT2D eigenvalue weighted by molar-refractivity contribution is 7.80. The summed E-state index contributed by atoms with van der Waals surface area (Å²) in [5.74, 6) is 0.0427. The van der Waals surface area contributed by atoms with Crippen LogP contribution >= 0.6 is 12.2 Å². The lowest BCUT2D eigenvalue weighted by Gasteiger charge is -2.12. The van der Waals surface area contributed by atoms with Crippen molar-refractivity contribution in [1.82, 2.24) is 5.32 Å². The van der Waals surface area contributed by atoms with Crippen molar-refractivity contribution in [3.8, 4) is 0 Å². The van der Waals surface area contributed by atoms with Gasteiger partial charge in [0.05, 0.1) is 19.6 Å². The molecule has 0 aliphatic carbocycles. The van der Waals surface area contributed by atoms with Crippen molar-refractivity contribution in [3.63, 3.8) is 0 Å². The fraction of sp³-hybridized carbons (Fsp3) is 0.444. The summed E-state index contributed by atoms with van der Waals surface area (Å²) in [5, 5.41) is 9.87. The predicted octanol–water partition coefficient (Wildman–Crippen LogP) is 2.98. The third kappa shape index (κ3) is 4.79. The molecule has 24 heavy (non-hydrogen) atoms. The molecule has 3 N–H and O–H groups in total. The molecule has 0 bridgehead atoms. The Morgan fingerprint density at radius 2 is 2.25 bits per heavy atom. The maximum Gasteiger partial charge on any atom is 0.228 e. The van der Waals surface area contributed by atoms with Crippen LogP contribution in [0.1, 0.15) is 31.2 Å². The highest BCUT2D eigenvalue weighted by Gasteiger charge is 2.17. The number of rotatable bonds is 5. The predicted molar refractivity (Wildman–Crippen MR) is 100 cm³/mol. The Bertz CT molecular complexity index is 658. The lowest BCUT2D eigenvalue weighted by Crippen LogP contribution is -2.29. The van der Waals surface area contributed by atoms with E-state index in [2.05, 4.69) is 22.0 Å². The fourth-order valence-electron chi connectivity index (χ4n) is 2.98. The molecule has 2 heterocycles. The van der Waals surface area contributed by atoms with E-state index < -0.39 is 0 Å². The van der Waals surface area contributed by atoms with Crippen LogP contribution in [-0.2, 0) is 16.0 Å². The minimum atomic E-state index is 0.0427. The van der Waals surface area contributed by atoms with E-state index in [1.165, 1.54) is 5.57 Å². The van der Waals surface area contributed by atoms with E-state index in [9.17, 15) is 4.79 Å². The molecule has 0 radical (unpaired) electrons. The van der Waals surface area contributed by atoms with E-state index >= 15 is 0 Å². The highest BCUT2D eigenvalue weighted by Crippen LogP contribution is 2.25. The number of carbonyl (C=O) groups is 1. The van der Waals surface area contributed by atoms with Crippen LogP contribution in [0, 0.1) is 0 Å². The molecule has 2 aliphatic rings. The number of thiocarbonyl (C=S) groups is 1. The Balaban J connectivity index is 1.39. The molecule has 1 aromatic carbocycles. The number of hydrogen-bond donors (Lipinski definition) is 3. The molecule has 1 amide bonds. The zero-order valence-electron chi connectivity index (χ0n) is 13.7. The first-order valence-corrected chi connectivity index (χ1v) is 8.85. The van der Waals surface area contributed by atoms with E-state index in [4.69, 9.17) is 17.0 Å². The number of benzene rings is 1. The molecule has 0 saturated heterocycles. The molecule has 6 heteroatoms. The summed E-state index contributed by atoms with van der Waals surface area (Å²) in [5.41, 5.74) is 4.30. The number of nitrogens with one attached hydrogen (secondary N) is 3. The first kappa shape index (κ1) is 16.9. The molecule has 0 saturated carbocycles. The zero-order valence-corrected chi connectivity index (χ0v) is 14.5. The summed E-state index contributed by atoms with van der Waals surface area (Å²) in [6.45, 7) is 2.53. The average Bonchev–Trinajstić information content (AvgIpc) is 2.76. The third-order valence-electron chi connectivity index (χ3n) is 4.21. The van der Waals surface area contributed by atoms with Crippen LogP contribution < -0.4 is 16.0 Å². The molecule has 0 aromatic heterocycles. The molecule has 5 nitrogen and oxygen atoms in total. The van der Waals surface area contributed by atoms with Gasteiger partial charge in [0, 0.05) is 17.9 Å². The van der Waals surface area contributed by atoms with Crippen molar-refractivity contribution < 1.29 is 9.53 Å². The van der Waals surface area contributed by atoms with Crippen LogP contribution in [0.15, 0.2) is 29.8 Å². The van der Waals surface area contributed by atoms with Crippen molar-refractivity contribution in [2.75, 3.05) is 30.4 Å². The third-order valence-corrected chi connectivity index (χ3v) is 4.46. The molecule has 0 fully saturated rings. The van der Waals surface area contributed by atoms with Gasteiger partial charge in [-0.25, -0.2) is 0 Å². The van der Waals surface area contributed by atoms with E-state index in [-0.39, 0.29) is 5.91 Å². The van der Waals surface area contributed by atoms with Crippen LogP contribution in [0.4, 0.5) is 11.4 Å². The van der Waals surface area contributed by atoms with Gasteiger partial charge in [0.25, 0.3) is 0 Å². The van der Waals surface area contributed by atoms with E-state index in [0.29, 0.717) is 11.5 Å². The van der Waals surface area contributed by atoms with E-state index in [0.717, 1.165) is 62.4 Å². The van der Waals surface area contributed by atoms with Gasteiger partial charge < -0.3 is 20.7 Å². The summed E-state index contributed by atoms with van der Waals surface area (Å²) in [6, 6.07) is 5.80. The molecule has 0 atom stereocenters. The number of fused-ring (bicyclic) bond motifs is 1. The second-order valence-electron chi connectivity index (χ2n) is 6.09. The van der Waals surface area contributed by atoms with Crippen molar-refractivity contribution >= 4 is 34.6 Å². The molecule has 2 aliphatic heterocycles. The standard InChI is InChI=1S/C18H23N3O2S/c22-17-12-14-11-15(5-6-16(14)21-17)20-18(24)19-8-1-3-13-4-2-9-23-10-7-13/h4-6,11H,1-3,7-10,12H2,(H,21,22)(H2,19,20,24). The second kappa shape index (κ2) is 8.26. The first-order chi connectivity index (χ1) is 11.7. The molecule has 0 spiro atoms. The summed E-state index contributed by atoms with van der Waals surface area (Å²) < 4.78 is 5.45. The van der Waals surface area contributed by atoms with Gasteiger partial charge in [-0.15, -0.1) is 0 Å². The van der Waals surface area contributed by atoms with Crippen LogP contribution in [0.5, 0.6) is 0 Å². The van der Waals surface area contributed by atoms with Crippen LogP contribution in [0.2, 0.25) is 0 Å². The number of anilines is 2. The topological polar surface area (TPSA) is 62.4 Å². The summed E-state index contributed by atoms with van der Waals surface area (Å²) >= 11 is 5.34. The van der Waals surface area contributed by atoms with Crippen LogP contribution in [0.25, 0.3) is 0 Å². The molecule has 3 rings (SSSR count). The fourth-order valence-corrected chi connectivity index (χ4v) is 3.20. The van der Waals surface area contributed by atoms with E-state index in [1.807, 2.05) is 18.2 Å². The van der Waals surface area contributed by atoms with Gasteiger partial charge in [0.2, 0.25) is 5.91 Å². The Morgan fingerprint density at radius 3 is 3.17 bits per heavy atom. The Kier molecular flexibility index (Phi) is 5.82. The molecular formula is C18H23N3O2S. The van der Waals surface area contributed by atoms with Gasteiger partial charge in [-0.05, 0) is 61.7 Å². The normalized spacial score (nSPS) is 16.7. The van der Waals surface area contributed by atoms with Crippen LogP contribution in [0.3, 0.4) is 0 Å². The Morgan fingerprint density at radius 1 is 1.33 bits per heavy atom. The summed E-state index contributed by atoms with van der Waals surface area (Å²) in [4.78, 5) is 11.4. The largest absolute Gasteiger partial charge is 0.381 e. The van der Waals surface area contributed by atoms with Crippen molar-refractivity contribution in [3.05, 3.63) is 35.4 Å². The number of carbonyl (C=O) groups excluding carboxylic acids is 1. The minimum Gasteiger partial charge on any atom is -0.381 e. The van der Waals surface area contributed by atoms with Gasteiger partial charge in [0.1, 0.15) is 0 Å². The molecular weight excluding hydrogens is 322 g/mol. The average molecular weight is 345 g/mol. The molecule has 0 unspecified atom stereocenters. The quantitative estimate of drug-likeness (QED) is 0.435. The zero-order chi connectivity index (χ0) is 16.8. The minimum absolute atomic E-state index is 0.0427. The monoisotopic (exact) mass is 345 g/mol. The lowest BCUT2D eigenvalue weighted by molar-refractivity contribution is -0.115.